The number of nitrogens with zero attached hydrogens (tertiary/aromatic N) is 2. The molecule has 0 atom stereocenters. The van der Waals surface area contributed by atoms with E-state index in [0.29, 0.717) is 5.82 Å². The summed E-state index contributed by atoms with van der Waals surface area (Å²) in [6.07, 6.45) is 0. The van der Waals surface area contributed by atoms with Crippen LogP contribution in [0.25, 0.3) is 5.69 Å². The third-order valence-corrected chi connectivity index (χ3v) is 4.53. The second-order valence-corrected chi connectivity index (χ2v) is 6.99. The van der Waals surface area contributed by atoms with Crippen LogP contribution in [-0.4, -0.2) is 18.2 Å². The van der Waals surface area contributed by atoms with Crippen LogP contribution in [0.5, 0.6) is 0 Å². The molecule has 0 fully saturated rings. The Morgan fingerprint density at radius 1 is 1.00 bits per heavy atom. The van der Waals surface area contributed by atoms with Crippen LogP contribution in [0, 0.1) is 6.92 Å². The molecule has 6 heteroatoms. The standard InChI is InChI=1S/C17H17N3O2S/c1-14-12-17(20(18-14)16-10-6-3-7-11-16)19-23(21,22)13-15-8-4-2-5-9-15/h2-12,19H,13H2,1H3. The highest BCUT2D eigenvalue weighted by Gasteiger charge is 2.16. The first-order chi connectivity index (χ1) is 11.0. The zero-order valence-electron chi connectivity index (χ0n) is 12.7. The molecular formula is C17H17N3O2S. The zero-order chi connectivity index (χ0) is 16.3. The van der Waals surface area contributed by atoms with Crippen molar-refractivity contribution in [3.8, 4) is 5.69 Å². The van der Waals surface area contributed by atoms with Gasteiger partial charge in [0.1, 0.15) is 5.82 Å². The minimum Gasteiger partial charge on any atom is -0.267 e. The Hall–Kier alpha value is -2.60. The second-order valence-electron chi connectivity index (χ2n) is 5.27. The fraction of sp³-hybridized carbons (Fsp3) is 0.118. The number of para-hydroxylation sites is 1. The number of sulfonamides is 1. The first-order valence-electron chi connectivity index (χ1n) is 7.20. The first kappa shape index (κ1) is 15.3. The smallest absolute Gasteiger partial charge is 0.238 e. The average molecular weight is 327 g/mol. The van der Waals surface area contributed by atoms with Gasteiger partial charge in [0.15, 0.2) is 0 Å². The number of nitrogens with one attached hydrogen (secondary N) is 1. The minimum atomic E-state index is -3.52. The molecule has 0 aliphatic rings. The van der Waals surface area contributed by atoms with Crippen LogP contribution in [0.15, 0.2) is 66.7 Å². The lowest BCUT2D eigenvalue weighted by molar-refractivity contribution is 0.600. The summed E-state index contributed by atoms with van der Waals surface area (Å²) >= 11 is 0. The van der Waals surface area contributed by atoms with Crippen LogP contribution >= 0.6 is 0 Å². The summed E-state index contributed by atoms with van der Waals surface area (Å²) in [4.78, 5) is 0. The van der Waals surface area contributed by atoms with Gasteiger partial charge in [-0.1, -0.05) is 48.5 Å². The lowest BCUT2D eigenvalue weighted by atomic mass is 10.2. The van der Waals surface area contributed by atoms with Crippen molar-refractivity contribution in [3.63, 3.8) is 0 Å². The Balaban J connectivity index is 1.88. The molecule has 0 unspecified atom stereocenters. The SMILES string of the molecule is Cc1cc(NS(=O)(=O)Cc2ccccc2)n(-c2ccccc2)n1. The van der Waals surface area contributed by atoms with Crippen molar-refractivity contribution in [3.05, 3.63) is 78.0 Å². The Labute approximate surface area is 135 Å². The van der Waals surface area contributed by atoms with Gasteiger partial charge in [0.05, 0.1) is 17.1 Å². The van der Waals surface area contributed by atoms with Crippen molar-refractivity contribution < 1.29 is 8.42 Å². The molecule has 0 aliphatic heterocycles. The van der Waals surface area contributed by atoms with Gasteiger partial charge in [0, 0.05) is 6.07 Å². The van der Waals surface area contributed by atoms with Gasteiger partial charge in [-0.2, -0.15) is 5.10 Å². The van der Waals surface area contributed by atoms with Gasteiger partial charge in [-0.05, 0) is 24.6 Å². The summed E-state index contributed by atoms with van der Waals surface area (Å²) in [5.41, 5.74) is 2.28. The molecular weight excluding hydrogens is 310 g/mol. The maximum absolute atomic E-state index is 12.4. The zero-order valence-corrected chi connectivity index (χ0v) is 13.5. The van der Waals surface area contributed by atoms with Crippen molar-refractivity contribution in [1.29, 1.82) is 0 Å². The third-order valence-electron chi connectivity index (χ3n) is 3.29. The number of benzene rings is 2. The number of aryl methyl sites for hydroxylation is 1. The van der Waals surface area contributed by atoms with E-state index < -0.39 is 10.0 Å². The highest BCUT2D eigenvalue weighted by atomic mass is 32.2. The van der Waals surface area contributed by atoms with E-state index in [1.54, 1.807) is 22.9 Å². The molecule has 5 nitrogen and oxygen atoms in total. The van der Waals surface area contributed by atoms with Crippen molar-refractivity contribution in [1.82, 2.24) is 9.78 Å². The van der Waals surface area contributed by atoms with Crippen LogP contribution in [0.4, 0.5) is 5.82 Å². The van der Waals surface area contributed by atoms with Gasteiger partial charge in [-0.25, -0.2) is 13.1 Å². The van der Waals surface area contributed by atoms with Gasteiger partial charge in [0.25, 0.3) is 0 Å². The van der Waals surface area contributed by atoms with Crippen LogP contribution in [0.2, 0.25) is 0 Å². The Kier molecular flexibility index (Phi) is 4.16. The molecule has 1 heterocycles. The van der Waals surface area contributed by atoms with Crippen molar-refractivity contribution in [2.45, 2.75) is 12.7 Å². The summed E-state index contributed by atoms with van der Waals surface area (Å²) in [6, 6.07) is 20.2. The first-order valence-corrected chi connectivity index (χ1v) is 8.85. The van der Waals surface area contributed by atoms with Crippen LogP contribution < -0.4 is 4.72 Å². The molecule has 0 spiro atoms. The van der Waals surface area contributed by atoms with Crippen molar-refractivity contribution in [2.24, 2.45) is 0 Å². The summed E-state index contributed by atoms with van der Waals surface area (Å²) in [6.45, 7) is 1.83. The molecule has 118 valence electrons. The third kappa shape index (κ3) is 3.78. The van der Waals surface area contributed by atoms with Gasteiger partial charge in [-0.3, -0.25) is 4.72 Å². The monoisotopic (exact) mass is 327 g/mol. The van der Waals surface area contributed by atoms with Gasteiger partial charge >= 0.3 is 0 Å². The summed E-state index contributed by atoms with van der Waals surface area (Å²) in [5, 5.41) is 4.36. The molecule has 0 radical (unpaired) electrons. The number of aromatic nitrogens is 2. The fourth-order valence-corrected chi connectivity index (χ4v) is 3.49. The number of hydrogen-bond donors (Lipinski definition) is 1. The van der Waals surface area contributed by atoms with E-state index in [-0.39, 0.29) is 5.75 Å². The lowest BCUT2D eigenvalue weighted by Gasteiger charge is -2.10. The van der Waals surface area contributed by atoms with Crippen LogP contribution in [-0.2, 0) is 15.8 Å². The maximum Gasteiger partial charge on any atom is 0.238 e. The molecule has 0 saturated carbocycles. The predicted molar refractivity (Wildman–Crippen MR) is 91.0 cm³/mol. The molecule has 0 saturated heterocycles. The molecule has 0 amide bonds. The predicted octanol–water partition coefficient (Wildman–Crippen LogP) is 3.12. The quantitative estimate of drug-likeness (QED) is 0.783. The van der Waals surface area contributed by atoms with E-state index in [4.69, 9.17) is 0 Å². The summed E-state index contributed by atoms with van der Waals surface area (Å²) in [5.74, 6) is 0.358. The summed E-state index contributed by atoms with van der Waals surface area (Å²) in [7, 11) is -3.52. The molecule has 1 aromatic heterocycles. The highest BCUT2D eigenvalue weighted by Crippen LogP contribution is 2.19. The van der Waals surface area contributed by atoms with Crippen molar-refractivity contribution >= 4 is 15.8 Å². The summed E-state index contributed by atoms with van der Waals surface area (Å²) < 4.78 is 29.0. The van der Waals surface area contributed by atoms with Gasteiger partial charge in [0.2, 0.25) is 10.0 Å². The van der Waals surface area contributed by atoms with E-state index >= 15 is 0 Å². The second kappa shape index (κ2) is 6.26. The van der Waals surface area contributed by atoms with Crippen LogP contribution in [0.1, 0.15) is 11.3 Å². The number of rotatable bonds is 5. The molecule has 3 rings (SSSR count). The molecule has 1 N–H and O–H groups in total. The number of hydrogen-bond acceptors (Lipinski definition) is 3. The molecule has 3 aromatic rings. The Morgan fingerprint density at radius 2 is 1.61 bits per heavy atom. The van der Waals surface area contributed by atoms with E-state index in [0.717, 1.165) is 16.9 Å². The maximum atomic E-state index is 12.4. The van der Waals surface area contributed by atoms with E-state index in [9.17, 15) is 8.42 Å². The van der Waals surface area contributed by atoms with Crippen molar-refractivity contribution in [2.75, 3.05) is 4.72 Å². The van der Waals surface area contributed by atoms with E-state index in [2.05, 4.69) is 9.82 Å². The van der Waals surface area contributed by atoms with Gasteiger partial charge in [-0.15, -0.1) is 0 Å². The van der Waals surface area contributed by atoms with Crippen LogP contribution in [0.3, 0.4) is 0 Å². The molecule has 23 heavy (non-hydrogen) atoms. The number of anilines is 1. The fourth-order valence-electron chi connectivity index (χ4n) is 2.33. The minimum absolute atomic E-state index is 0.0765. The topological polar surface area (TPSA) is 64.0 Å². The molecule has 0 aliphatic carbocycles. The van der Waals surface area contributed by atoms with E-state index in [1.807, 2.05) is 55.5 Å². The average Bonchev–Trinajstić information content (AvgIpc) is 2.88. The van der Waals surface area contributed by atoms with Gasteiger partial charge < -0.3 is 0 Å². The normalized spacial score (nSPS) is 11.3. The molecule has 0 bridgehead atoms. The van der Waals surface area contributed by atoms with E-state index in [1.165, 1.54) is 0 Å². The largest absolute Gasteiger partial charge is 0.267 e. The molecule has 2 aromatic carbocycles. The lowest BCUT2D eigenvalue weighted by Crippen LogP contribution is -2.17. The Bertz CT molecular complexity index is 888. The Morgan fingerprint density at radius 3 is 2.26 bits per heavy atom. The highest BCUT2D eigenvalue weighted by molar-refractivity contribution is 7.91.